The van der Waals surface area contributed by atoms with Crippen LogP contribution in [0.5, 0.6) is 5.75 Å². The van der Waals surface area contributed by atoms with Gasteiger partial charge in [0.15, 0.2) is 0 Å². The van der Waals surface area contributed by atoms with Gasteiger partial charge in [0, 0.05) is 28.4 Å². The summed E-state index contributed by atoms with van der Waals surface area (Å²) in [5.74, 6) is 3.12. The van der Waals surface area contributed by atoms with Crippen molar-refractivity contribution in [2.75, 3.05) is 18.5 Å². The number of β-amino-alcohol motifs (C(OH)–C–C–N with tert-alkyl or cyclic N) is 1. The molecule has 32 heavy (non-hydrogen) atoms. The van der Waals surface area contributed by atoms with Crippen LogP contribution in [0.4, 0.5) is 5.69 Å². The van der Waals surface area contributed by atoms with Gasteiger partial charge in [0.1, 0.15) is 18.5 Å². The SMILES string of the molecule is O=C(Nc1ccc(OCC(O)CNC23CC4CC(CC(C4)C2)C3)cc1)c1cccc(Cl)c1. The minimum atomic E-state index is -0.551. The van der Waals surface area contributed by atoms with E-state index in [0.717, 1.165) is 17.8 Å². The van der Waals surface area contributed by atoms with E-state index in [4.69, 9.17) is 16.3 Å². The Hall–Kier alpha value is -2.08. The van der Waals surface area contributed by atoms with Gasteiger partial charge in [0.25, 0.3) is 5.91 Å². The molecule has 2 aromatic carbocycles. The molecular formula is C26H31ClN2O3. The first-order chi connectivity index (χ1) is 15.5. The van der Waals surface area contributed by atoms with E-state index >= 15 is 0 Å². The number of hydrogen-bond donors (Lipinski definition) is 3. The highest BCUT2D eigenvalue weighted by atomic mass is 35.5. The van der Waals surface area contributed by atoms with E-state index in [0.29, 0.717) is 28.6 Å². The second kappa shape index (κ2) is 9.05. The molecule has 0 saturated heterocycles. The van der Waals surface area contributed by atoms with Crippen LogP contribution in [0.15, 0.2) is 48.5 Å². The number of halogens is 1. The van der Waals surface area contributed by atoms with Gasteiger partial charge in [0.2, 0.25) is 0 Å². The van der Waals surface area contributed by atoms with E-state index in [2.05, 4.69) is 10.6 Å². The van der Waals surface area contributed by atoms with Crippen molar-refractivity contribution in [3.8, 4) is 5.75 Å². The Labute approximate surface area is 194 Å². The number of rotatable bonds is 8. The molecule has 1 amide bonds. The van der Waals surface area contributed by atoms with Crippen molar-refractivity contribution in [1.29, 1.82) is 0 Å². The normalized spacial score (nSPS) is 29.0. The number of nitrogens with one attached hydrogen (secondary N) is 2. The van der Waals surface area contributed by atoms with Crippen molar-refractivity contribution in [1.82, 2.24) is 5.32 Å². The maximum Gasteiger partial charge on any atom is 0.255 e. The molecule has 4 saturated carbocycles. The second-order valence-corrected chi connectivity index (χ2v) is 10.5. The van der Waals surface area contributed by atoms with Crippen molar-refractivity contribution in [3.05, 3.63) is 59.1 Å². The lowest BCUT2D eigenvalue weighted by molar-refractivity contribution is -0.0266. The molecule has 4 bridgehead atoms. The fraction of sp³-hybridized carbons (Fsp3) is 0.500. The van der Waals surface area contributed by atoms with Gasteiger partial charge >= 0.3 is 0 Å². The molecule has 0 aromatic heterocycles. The quantitative estimate of drug-likeness (QED) is 0.531. The zero-order valence-electron chi connectivity index (χ0n) is 18.2. The summed E-state index contributed by atoms with van der Waals surface area (Å²) in [4.78, 5) is 12.3. The fourth-order valence-corrected chi connectivity index (χ4v) is 6.57. The summed E-state index contributed by atoms with van der Waals surface area (Å²) in [6.07, 6.45) is 7.52. The van der Waals surface area contributed by atoms with Crippen molar-refractivity contribution in [2.24, 2.45) is 17.8 Å². The number of anilines is 1. The number of amides is 1. The third-order valence-electron chi connectivity index (χ3n) is 7.39. The van der Waals surface area contributed by atoms with E-state index in [-0.39, 0.29) is 18.1 Å². The zero-order chi connectivity index (χ0) is 22.1. The Morgan fingerprint density at radius 3 is 2.34 bits per heavy atom. The number of hydrogen-bond acceptors (Lipinski definition) is 4. The Kier molecular flexibility index (Phi) is 6.15. The van der Waals surface area contributed by atoms with E-state index in [1.807, 2.05) is 0 Å². The Morgan fingerprint density at radius 1 is 1.06 bits per heavy atom. The number of benzene rings is 2. The average molecular weight is 455 g/mol. The monoisotopic (exact) mass is 454 g/mol. The van der Waals surface area contributed by atoms with Crippen molar-refractivity contribution < 1.29 is 14.6 Å². The number of aliphatic hydroxyl groups is 1. The lowest BCUT2D eigenvalue weighted by atomic mass is 9.53. The minimum absolute atomic E-state index is 0.215. The Morgan fingerprint density at radius 2 is 1.72 bits per heavy atom. The van der Waals surface area contributed by atoms with Crippen LogP contribution in [0, 0.1) is 17.8 Å². The van der Waals surface area contributed by atoms with Gasteiger partial charge < -0.3 is 20.5 Å². The molecule has 0 radical (unpaired) electrons. The van der Waals surface area contributed by atoms with E-state index < -0.39 is 6.10 Å². The van der Waals surface area contributed by atoms with E-state index in [9.17, 15) is 9.90 Å². The molecule has 2 aromatic rings. The van der Waals surface area contributed by atoms with E-state index in [1.165, 1.54) is 38.5 Å². The average Bonchev–Trinajstić information content (AvgIpc) is 2.76. The first kappa shape index (κ1) is 21.7. The van der Waals surface area contributed by atoms with Crippen LogP contribution in [0.3, 0.4) is 0 Å². The molecule has 6 heteroatoms. The molecule has 5 nitrogen and oxygen atoms in total. The van der Waals surface area contributed by atoms with Crippen molar-refractivity contribution in [2.45, 2.75) is 50.2 Å². The molecule has 170 valence electrons. The highest BCUT2D eigenvalue weighted by Gasteiger charge is 2.50. The van der Waals surface area contributed by atoms with Crippen LogP contribution in [0.1, 0.15) is 48.9 Å². The minimum Gasteiger partial charge on any atom is -0.491 e. The van der Waals surface area contributed by atoms with Gasteiger partial charge in [-0.3, -0.25) is 4.79 Å². The molecule has 0 aliphatic heterocycles. The van der Waals surface area contributed by atoms with Crippen LogP contribution in [-0.4, -0.2) is 35.8 Å². The summed E-state index contributed by atoms with van der Waals surface area (Å²) < 4.78 is 5.78. The van der Waals surface area contributed by atoms with Gasteiger partial charge in [-0.1, -0.05) is 17.7 Å². The molecule has 1 atom stereocenters. The third kappa shape index (κ3) is 4.95. The summed E-state index contributed by atoms with van der Waals surface area (Å²) in [7, 11) is 0. The molecule has 1 unspecified atom stereocenters. The molecule has 4 fully saturated rings. The Balaban J connectivity index is 1.08. The van der Waals surface area contributed by atoms with E-state index in [1.54, 1.807) is 48.5 Å². The fourth-order valence-electron chi connectivity index (χ4n) is 6.38. The summed E-state index contributed by atoms with van der Waals surface area (Å²) in [5, 5.41) is 17.6. The molecule has 0 heterocycles. The van der Waals surface area contributed by atoms with Crippen LogP contribution in [0.2, 0.25) is 5.02 Å². The van der Waals surface area contributed by atoms with Gasteiger partial charge in [-0.05, 0) is 98.7 Å². The number of carbonyl (C=O) groups is 1. The van der Waals surface area contributed by atoms with Gasteiger partial charge in [-0.2, -0.15) is 0 Å². The molecule has 6 rings (SSSR count). The number of ether oxygens (including phenoxy) is 1. The van der Waals surface area contributed by atoms with Crippen LogP contribution >= 0.6 is 11.6 Å². The molecule has 0 spiro atoms. The van der Waals surface area contributed by atoms with Gasteiger partial charge in [-0.15, -0.1) is 0 Å². The van der Waals surface area contributed by atoms with Gasteiger partial charge in [0.05, 0.1) is 0 Å². The summed E-state index contributed by atoms with van der Waals surface area (Å²) >= 11 is 5.95. The predicted molar refractivity (Wildman–Crippen MR) is 126 cm³/mol. The Bertz CT molecular complexity index is 927. The smallest absolute Gasteiger partial charge is 0.255 e. The molecule has 4 aliphatic rings. The second-order valence-electron chi connectivity index (χ2n) is 10.0. The van der Waals surface area contributed by atoms with Crippen LogP contribution in [-0.2, 0) is 0 Å². The number of carbonyl (C=O) groups excluding carboxylic acids is 1. The third-order valence-corrected chi connectivity index (χ3v) is 7.63. The first-order valence-corrected chi connectivity index (χ1v) is 12.1. The standard InChI is InChI=1S/C26H31ClN2O3/c27-21-3-1-2-20(11-21)25(31)29-22-4-6-24(7-5-22)32-16-23(30)15-28-26-12-17-8-18(13-26)10-19(9-17)14-26/h1-7,11,17-19,23,28,30H,8-10,12-16H2,(H,29,31). The number of aliphatic hydroxyl groups excluding tert-OH is 1. The topological polar surface area (TPSA) is 70.6 Å². The predicted octanol–water partition coefficient (Wildman–Crippen LogP) is 4.89. The van der Waals surface area contributed by atoms with Crippen LogP contribution in [0.25, 0.3) is 0 Å². The van der Waals surface area contributed by atoms with Crippen molar-refractivity contribution in [3.63, 3.8) is 0 Å². The van der Waals surface area contributed by atoms with Crippen LogP contribution < -0.4 is 15.4 Å². The van der Waals surface area contributed by atoms with Crippen molar-refractivity contribution >= 4 is 23.2 Å². The van der Waals surface area contributed by atoms with Gasteiger partial charge in [-0.25, -0.2) is 0 Å². The maximum absolute atomic E-state index is 12.3. The molecule has 4 aliphatic carbocycles. The lowest BCUT2D eigenvalue weighted by Gasteiger charge is -2.57. The highest BCUT2D eigenvalue weighted by Crippen LogP contribution is 2.55. The highest BCUT2D eigenvalue weighted by molar-refractivity contribution is 6.31. The lowest BCUT2D eigenvalue weighted by Crippen LogP contribution is -2.59. The maximum atomic E-state index is 12.3. The summed E-state index contributed by atoms with van der Waals surface area (Å²) in [6.45, 7) is 0.813. The molecule has 3 N–H and O–H groups in total. The molecular weight excluding hydrogens is 424 g/mol. The first-order valence-electron chi connectivity index (χ1n) is 11.7. The zero-order valence-corrected chi connectivity index (χ0v) is 19.0. The summed E-state index contributed by atoms with van der Waals surface area (Å²) in [5.41, 5.74) is 1.43. The largest absolute Gasteiger partial charge is 0.491 e. The summed E-state index contributed by atoms with van der Waals surface area (Å²) in [6, 6.07) is 14.0.